The monoisotopic (exact) mass is 192 g/mol. The van der Waals surface area contributed by atoms with E-state index in [4.69, 9.17) is 5.73 Å². The van der Waals surface area contributed by atoms with E-state index in [1.807, 2.05) is 30.3 Å². The summed E-state index contributed by atoms with van der Waals surface area (Å²) in [5, 5.41) is 4.74. The van der Waals surface area contributed by atoms with Gasteiger partial charge in [-0.3, -0.25) is 0 Å². The highest BCUT2D eigenvalue weighted by Gasteiger charge is 1.97. The summed E-state index contributed by atoms with van der Waals surface area (Å²) in [7, 11) is 0. The van der Waals surface area contributed by atoms with Crippen LogP contribution in [0.3, 0.4) is 0 Å². The Morgan fingerprint density at radius 3 is 2.73 bits per heavy atom. The van der Waals surface area contributed by atoms with Crippen molar-refractivity contribution in [3.8, 4) is 0 Å². The Morgan fingerprint density at radius 1 is 0.867 bits per heavy atom. The van der Waals surface area contributed by atoms with Crippen LogP contribution in [0.2, 0.25) is 0 Å². The van der Waals surface area contributed by atoms with Gasteiger partial charge in [0.25, 0.3) is 0 Å². The minimum Gasteiger partial charge on any atom is -0.399 e. The minimum absolute atomic E-state index is 0.807. The number of hydrogen-bond acceptors (Lipinski definition) is 1. The van der Waals surface area contributed by atoms with Gasteiger partial charge in [-0.1, -0.05) is 24.3 Å². The van der Waals surface area contributed by atoms with E-state index in [0.717, 1.165) is 11.1 Å². The highest BCUT2D eigenvalue weighted by molar-refractivity contribution is 5.98. The van der Waals surface area contributed by atoms with Crippen molar-refractivity contribution in [3.05, 3.63) is 54.6 Å². The maximum atomic E-state index is 5.76. The molecule has 0 bridgehead atoms. The molecule has 3 aromatic carbocycles. The fourth-order valence-corrected chi connectivity index (χ4v) is 1.89. The average molecular weight is 192 g/mol. The molecule has 3 rings (SSSR count). The molecule has 71 valence electrons. The SMILES string of the molecule is Nc1ccc2cc3[c]cccc3cc2c1. The molecule has 0 aliphatic carbocycles. The molecule has 0 aromatic heterocycles. The summed E-state index contributed by atoms with van der Waals surface area (Å²) in [5.41, 5.74) is 6.57. The minimum atomic E-state index is 0.807. The number of rotatable bonds is 0. The largest absolute Gasteiger partial charge is 0.399 e. The van der Waals surface area contributed by atoms with Crippen molar-refractivity contribution >= 4 is 27.2 Å². The van der Waals surface area contributed by atoms with E-state index in [0.29, 0.717) is 0 Å². The molecule has 2 N–H and O–H groups in total. The topological polar surface area (TPSA) is 26.0 Å². The molecular formula is C14H10N. The van der Waals surface area contributed by atoms with Crippen molar-refractivity contribution in [1.82, 2.24) is 0 Å². The second-order valence-electron chi connectivity index (χ2n) is 3.72. The molecule has 0 amide bonds. The zero-order valence-electron chi connectivity index (χ0n) is 8.20. The predicted molar refractivity (Wildman–Crippen MR) is 64.7 cm³/mol. The molecule has 0 fully saturated rings. The van der Waals surface area contributed by atoms with Crippen molar-refractivity contribution in [2.24, 2.45) is 0 Å². The van der Waals surface area contributed by atoms with Crippen LogP contribution in [0.15, 0.2) is 48.5 Å². The Bertz CT molecular complexity index is 641. The van der Waals surface area contributed by atoms with Crippen LogP contribution in [-0.4, -0.2) is 0 Å². The van der Waals surface area contributed by atoms with Gasteiger partial charge in [0.05, 0.1) is 0 Å². The van der Waals surface area contributed by atoms with Gasteiger partial charge >= 0.3 is 0 Å². The van der Waals surface area contributed by atoms with Crippen molar-refractivity contribution in [3.63, 3.8) is 0 Å². The molecule has 1 nitrogen and oxygen atoms in total. The third-order valence-corrected chi connectivity index (χ3v) is 2.64. The molecule has 0 saturated carbocycles. The van der Waals surface area contributed by atoms with Gasteiger partial charge < -0.3 is 5.73 Å². The van der Waals surface area contributed by atoms with E-state index in [-0.39, 0.29) is 0 Å². The summed E-state index contributed by atoms with van der Waals surface area (Å²) in [5.74, 6) is 0. The fourth-order valence-electron chi connectivity index (χ4n) is 1.89. The second-order valence-corrected chi connectivity index (χ2v) is 3.72. The van der Waals surface area contributed by atoms with Crippen LogP contribution < -0.4 is 5.73 Å². The van der Waals surface area contributed by atoms with E-state index in [2.05, 4.69) is 24.3 Å². The van der Waals surface area contributed by atoms with Gasteiger partial charge in [-0.05, 0) is 51.9 Å². The molecule has 0 aliphatic rings. The highest BCUT2D eigenvalue weighted by atomic mass is 14.5. The molecule has 1 radical (unpaired) electrons. The van der Waals surface area contributed by atoms with Gasteiger partial charge in [-0.15, -0.1) is 0 Å². The fraction of sp³-hybridized carbons (Fsp3) is 0. The van der Waals surface area contributed by atoms with Crippen LogP contribution in [0, 0.1) is 6.07 Å². The van der Waals surface area contributed by atoms with Gasteiger partial charge in [0, 0.05) is 5.69 Å². The number of nitrogen functional groups attached to an aromatic ring is 1. The molecule has 1 heteroatoms. The third-order valence-electron chi connectivity index (χ3n) is 2.64. The number of fused-ring (bicyclic) bond motifs is 2. The average Bonchev–Trinajstić information content (AvgIpc) is 2.26. The molecule has 0 spiro atoms. The number of nitrogens with two attached hydrogens (primary N) is 1. The van der Waals surface area contributed by atoms with Crippen molar-refractivity contribution in [1.29, 1.82) is 0 Å². The van der Waals surface area contributed by atoms with Gasteiger partial charge in [0.1, 0.15) is 0 Å². The Kier molecular flexibility index (Phi) is 1.65. The van der Waals surface area contributed by atoms with Crippen LogP contribution in [0.25, 0.3) is 21.5 Å². The lowest BCUT2D eigenvalue weighted by molar-refractivity contribution is 1.74. The first-order chi connectivity index (χ1) is 7.33. The summed E-state index contributed by atoms with van der Waals surface area (Å²) in [6, 6.07) is 19.5. The molecule has 15 heavy (non-hydrogen) atoms. The van der Waals surface area contributed by atoms with Gasteiger partial charge in [0.15, 0.2) is 0 Å². The summed E-state index contributed by atoms with van der Waals surface area (Å²) in [6.45, 7) is 0. The van der Waals surface area contributed by atoms with Crippen LogP contribution in [0.5, 0.6) is 0 Å². The lowest BCUT2D eigenvalue weighted by Crippen LogP contribution is -1.83. The maximum absolute atomic E-state index is 5.76. The zero-order chi connectivity index (χ0) is 10.3. The highest BCUT2D eigenvalue weighted by Crippen LogP contribution is 2.23. The Balaban J connectivity index is 2.47. The molecular weight excluding hydrogens is 182 g/mol. The third kappa shape index (κ3) is 1.33. The Hall–Kier alpha value is -2.02. The smallest absolute Gasteiger partial charge is 0.0320 e. The lowest BCUT2D eigenvalue weighted by Gasteiger charge is -2.02. The van der Waals surface area contributed by atoms with Crippen molar-refractivity contribution in [2.75, 3.05) is 5.73 Å². The number of anilines is 1. The van der Waals surface area contributed by atoms with E-state index in [1.54, 1.807) is 0 Å². The van der Waals surface area contributed by atoms with Gasteiger partial charge in [0.2, 0.25) is 0 Å². The van der Waals surface area contributed by atoms with Crippen LogP contribution >= 0.6 is 0 Å². The molecule has 3 aromatic rings. The molecule has 0 saturated heterocycles. The predicted octanol–water partition coefficient (Wildman–Crippen LogP) is 3.38. The van der Waals surface area contributed by atoms with Crippen molar-refractivity contribution < 1.29 is 0 Å². The molecule has 0 heterocycles. The quantitative estimate of drug-likeness (QED) is 0.429. The standard InChI is InChI=1S/C14H10N/c15-14-6-5-12-7-10-3-1-2-4-11(10)8-13(12)9-14/h1-2,4-9H,15H2. The van der Waals surface area contributed by atoms with E-state index < -0.39 is 0 Å². The first-order valence-corrected chi connectivity index (χ1v) is 4.93. The van der Waals surface area contributed by atoms with E-state index >= 15 is 0 Å². The van der Waals surface area contributed by atoms with Crippen molar-refractivity contribution in [2.45, 2.75) is 0 Å². The maximum Gasteiger partial charge on any atom is 0.0320 e. The van der Waals surface area contributed by atoms with Gasteiger partial charge in [-0.25, -0.2) is 0 Å². The molecule has 0 unspecified atom stereocenters. The Labute approximate surface area is 88.1 Å². The lowest BCUT2D eigenvalue weighted by atomic mass is 10.0. The molecule has 0 atom stereocenters. The normalized spacial score (nSPS) is 10.9. The van der Waals surface area contributed by atoms with E-state index in [9.17, 15) is 0 Å². The second kappa shape index (κ2) is 2.99. The van der Waals surface area contributed by atoms with Gasteiger partial charge in [-0.2, -0.15) is 0 Å². The summed E-state index contributed by atoms with van der Waals surface area (Å²) < 4.78 is 0. The molecule has 0 aliphatic heterocycles. The first-order valence-electron chi connectivity index (χ1n) is 4.93. The summed E-state index contributed by atoms with van der Waals surface area (Å²) >= 11 is 0. The summed E-state index contributed by atoms with van der Waals surface area (Å²) in [4.78, 5) is 0. The van der Waals surface area contributed by atoms with Crippen LogP contribution in [-0.2, 0) is 0 Å². The van der Waals surface area contributed by atoms with E-state index in [1.165, 1.54) is 16.2 Å². The number of benzene rings is 3. The number of hydrogen-bond donors (Lipinski definition) is 1. The summed E-state index contributed by atoms with van der Waals surface area (Å²) in [6.07, 6.45) is 0. The van der Waals surface area contributed by atoms with Crippen LogP contribution in [0.1, 0.15) is 0 Å². The van der Waals surface area contributed by atoms with Crippen LogP contribution in [0.4, 0.5) is 5.69 Å². The zero-order valence-corrected chi connectivity index (χ0v) is 8.20. The Morgan fingerprint density at radius 2 is 1.80 bits per heavy atom. The first kappa shape index (κ1) is 8.30.